The first-order valence-electron chi connectivity index (χ1n) is 9.11. The normalized spacial score (nSPS) is 24.7. The maximum Gasteiger partial charge on any atom is 0.315 e. The Morgan fingerprint density at radius 3 is 3.14 bits per heavy atom. The Bertz CT molecular complexity index is 1040. The van der Waals surface area contributed by atoms with Gasteiger partial charge in [-0.05, 0) is 43.1 Å². The molecule has 146 valence electrons. The lowest BCUT2D eigenvalue weighted by Gasteiger charge is -2.60. The Morgan fingerprint density at radius 2 is 2.36 bits per heavy atom. The zero-order chi connectivity index (χ0) is 19.3. The molecule has 0 aliphatic carbocycles. The van der Waals surface area contributed by atoms with Gasteiger partial charge in [-0.15, -0.1) is 0 Å². The smallest absolute Gasteiger partial charge is 0.315 e. The van der Waals surface area contributed by atoms with Crippen LogP contribution < -0.4 is 10.6 Å². The highest BCUT2D eigenvalue weighted by molar-refractivity contribution is 7.98. The molecule has 5 rings (SSSR count). The lowest BCUT2D eigenvalue weighted by Crippen LogP contribution is -2.70. The van der Waals surface area contributed by atoms with Crippen LogP contribution in [0, 0.1) is 0 Å². The molecule has 2 aliphatic rings. The van der Waals surface area contributed by atoms with Gasteiger partial charge in [-0.2, -0.15) is 4.37 Å². The molecule has 3 N–H and O–H groups in total. The molecule has 0 radical (unpaired) electrons. The molecule has 9 nitrogen and oxygen atoms in total. The molecule has 0 aromatic carbocycles. The Morgan fingerprint density at radius 1 is 1.46 bits per heavy atom. The van der Waals surface area contributed by atoms with Gasteiger partial charge >= 0.3 is 6.03 Å². The average molecular weight is 417 g/mol. The first-order chi connectivity index (χ1) is 13.6. The van der Waals surface area contributed by atoms with Gasteiger partial charge in [-0.1, -0.05) is 11.8 Å². The minimum atomic E-state index is -0.395. The number of rotatable bonds is 3. The van der Waals surface area contributed by atoms with Gasteiger partial charge in [0.2, 0.25) is 0 Å². The summed E-state index contributed by atoms with van der Waals surface area (Å²) < 4.78 is 4.34. The fourth-order valence-corrected chi connectivity index (χ4v) is 5.87. The third-order valence-electron chi connectivity index (χ3n) is 5.71. The van der Waals surface area contributed by atoms with Gasteiger partial charge in [0.05, 0.1) is 17.0 Å². The third kappa shape index (κ3) is 2.64. The number of aromatic amines is 1. The second kappa shape index (κ2) is 6.59. The van der Waals surface area contributed by atoms with E-state index in [-0.39, 0.29) is 11.6 Å². The van der Waals surface area contributed by atoms with Gasteiger partial charge in [0, 0.05) is 19.3 Å². The van der Waals surface area contributed by atoms with Gasteiger partial charge < -0.3 is 20.5 Å². The zero-order valence-corrected chi connectivity index (χ0v) is 17.0. The fourth-order valence-electron chi connectivity index (χ4n) is 4.56. The lowest BCUT2D eigenvalue weighted by atomic mass is 9.73. The van der Waals surface area contributed by atoms with E-state index in [1.54, 1.807) is 6.33 Å². The van der Waals surface area contributed by atoms with Crippen LogP contribution in [0.1, 0.15) is 30.3 Å². The Kier molecular flexibility index (Phi) is 4.16. The van der Waals surface area contributed by atoms with E-state index in [2.05, 4.69) is 29.2 Å². The number of carbonyl (C=O) groups excluding carboxylic acids is 1. The maximum absolute atomic E-state index is 12.4. The second-order valence-corrected chi connectivity index (χ2v) is 8.79. The topological polar surface area (TPSA) is 117 Å². The highest BCUT2D eigenvalue weighted by Gasteiger charge is 2.57. The lowest BCUT2D eigenvalue weighted by molar-refractivity contribution is -0.0413. The maximum atomic E-state index is 12.4. The summed E-state index contributed by atoms with van der Waals surface area (Å²) in [5.41, 5.74) is 6.35. The molecule has 2 aliphatic heterocycles. The number of nitrogens with zero attached hydrogens (tertiary/aromatic N) is 6. The van der Waals surface area contributed by atoms with Crippen molar-refractivity contribution in [3.8, 4) is 0 Å². The van der Waals surface area contributed by atoms with Gasteiger partial charge in [-0.3, -0.25) is 0 Å². The van der Waals surface area contributed by atoms with Gasteiger partial charge in [0.15, 0.2) is 5.16 Å². The van der Waals surface area contributed by atoms with Crippen LogP contribution >= 0.6 is 23.3 Å². The minimum Gasteiger partial charge on any atom is -0.354 e. The first-order valence-corrected chi connectivity index (χ1v) is 11.1. The number of thioether (sulfide) groups is 1. The van der Waals surface area contributed by atoms with Crippen LogP contribution in [-0.4, -0.2) is 60.1 Å². The van der Waals surface area contributed by atoms with E-state index in [9.17, 15) is 4.79 Å². The highest BCUT2D eigenvalue weighted by Crippen LogP contribution is 2.51. The number of aromatic nitrogens is 5. The molecule has 2 fully saturated rings. The van der Waals surface area contributed by atoms with Crippen molar-refractivity contribution in [3.63, 3.8) is 0 Å². The Labute approximate surface area is 169 Å². The van der Waals surface area contributed by atoms with Crippen LogP contribution in [0.4, 0.5) is 10.6 Å². The van der Waals surface area contributed by atoms with Gasteiger partial charge in [0.25, 0.3) is 0 Å². The van der Waals surface area contributed by atoms with E-state index in [0.29, 0.717) is 6.54 Å². The fraction of sp³-hybridized carbons (Fsp3) is 0.471. The SMILES string of the molecule is CSc1nsc(C2CC3(CCCN(c4ncnc5[nH]ccc45)C3)N2C(N)=O)n1. The minimum absolute atomic E-state index is 0.0893. The van der Waals surface area contributed by atoms with Crippen LogP contribution in [0.5, 0.6) is 0 Å². The monoisotopic (exact) mass is 416 g/mol. The Hall–Kier alpha value is -2.40. The second-order valence-electron chi connectivity index (χ2n) is 7.23. The molecule has 0 bridgehead atoms. The van der Waals surface area contributed by atoms with Crippen molar-refractivity contribution >= 4 is 46.2 Å². The number of anilines is 1. The van der Waals surface area contributed by atoms with Crippen molar-refractivity contribution < 1.29 is 4.79 Å². The predicted molar refractivity (Wildman–Crippen MR) is 109 cm³/mol. The number of urea groups is 1. The van der Waals surface area contributed by atoms with Crippen LogP contribution in [0.25, 0.3) is 11.0 Å². The summed E-state index contributed by atoms with van der Waals surface area (Å²) >= 11 is 2.86. The molecule has 1 spiro atoms. The van der Waals surface area contributed by atoms with Crippen LogP contribution in [-0.2, 0) is 0 Å². The van der Waals surface area contributed by atoms with Gasteiger partial charge in [-0.25, -0.2) is 19.7 Å². The quantitative estimate of drug-likeness (QED) is 0.630. The number of piperidine rings is 1. The number of fused-ring (bicyclic) bond motifs is 1. The molecule has 2 saturated heterocycles. The summed E-state index contributed by atoms with van der Waals surface area (Å²) in [5.74, 6) is 0.902. The number of likely N-dealkylation sites (tertiary alicyclic amines) is 1. The molecule has 2 unspecified atom stereocenters. The molecule has 28 heavy (non-hydrogen) atoms. The molecule has 2 amide bonds. The summed E-state index contributed by atoms with van der Waals surface area (Å²) in [7, 11) is 0. The number of primary amides is 1. The zero-order valence-electron chi connectivity index (χ0n) is 15.3. The van der Waals surface area contributed by atoms with E-state index in [4.69, 9.17) is 5.73 Å². The largest absolute Gasteiger partial charge is 0.354 e. The van der Waals surface area contributed by atoms with Crippen molar-refractivity contribution in [1.82, 2.24) is 29.2 Å². The first kappa shape index (κ1) is 17.7. The number of carbonyl (C=O) groups is 1. The number of hydrogen-bond donors (Lipinski definition) is 2. The standard InChI is InChI=1S/C17H20N8OS2/c1-27-16-22-14(28-23-16)11-7-17(25(11)15(18)26)4-2-6-24(8-17)13-10-3-5-19-12(10)20-9-21-13/h3,5,9,11H,2,4,6-8H2,1H3,(H2,18,26)(H,19,20,21). The molecule has 3 aromatic rings. The van der Waals surface area contributed by atoms with Crippen molar-refractivity contribution in [2.75, 3.05) is 24.2 Å². The van der Waals surface area contributed by atoms with Gasteiger partial charge in [0.1, 0.15) is 22.8 Å². The number of nitrogens with two attached hydrogens (primary N) is 1. The molecule has 2 atom stereocenters. The summed E-state index contributed by atoms with van der Waals surface area (Å²) in [5, 5.41) is 2.60. The molecular weight excluding hydrogens is 396 g/mol. The van der Waals surface area contributed by atoms with Crippen LogP contribution in [0.3, 0.4) is 0 Å². The van der Waals surface area contributed by atoms with Crippen LogP contribution in [0.2, 0.25) is 0 Å². The average Bonchev–Trinajstić information content (AvgIpc) is 3.34. The summed E-state index contributed by atoms with van der Waals surface area (Å²) in [6.45, 7) is 1.60. The summed E-state index contributed by atoms with van der Waals surface area (Å²) in [6, 6.07) is 1.51. The summed E-state index contributed by atoms with van der Waals surface area (Å²) in [6.07, 6.45) is 8.14. The van der Waals surface area contributed by atoms with E-state index >= 15 is 0 Å². The van der Waals surface area contributed by atoms with E-state index < -0.39 is 6.03 Å². The van der Waals surface area contributed by atoms with Crippen molar-refractivity contribution in [3.05, 3.63) is 23.6 Å². The number of amides is 2. The molecule has 3 aromatic heterocycles. The van der Waals surface area contributed by atoms with E-state index in [0.717, 1.165) is 52.8 Å². The van der Waals surface area contributed by atoms with Crippen molar-refractivity contribution in [2.45, 2.75) is 36.0 Å². The number of hydrogen-bond acceptors (Lipinski definition) is 8. The van der Waals surface area contributed by atoms with Crippen LogP contribution in [0.15, 0.2) is 23.7 Å². The number of H-pyrrole nitrogens is 1. The third-order valence-corrected chi connectivity index (χ3v) is 7.19. The van der Waals surface area contributed by atoms with Crippen molar-refractivity contribution in [2.24, 2.45) is 5.73 Å². The molecule has 0 saturated carbocycles. The molecular formula is C17H20N8OS2. The Balaban J connectivity index is 1.44. The number of nitrogens with one attached hydrogen (secondary N) is 1. The van der Waals surface area contributed by atoms with Crippen molar-refractivity contribution in [1.29, 1.82) is 0 Å². The molecule has 11 heteroatoms. The highest BCUT2D eigenvalue weighted by atomic mass is 32.2. The van der Waals surface area contributed by atoms with E-state index in [1.165, 1.54) is 23.3 Å². The summed E-state index contributed by atoms with van der Waals surface area (Å²) in [4.78, 5) is 32.9. The van der Waals surface area contributed by atoms with E-state index in [1.807, 2.05) is 23.4 Å². The molecule has 5 heterocycles. The predicted octanol–water partition coefficient (Wildman–Crippen LogP) is 2.40.